The maximum Gasteiger partial charge on any atom is 0.137 e. The third-order valence-electron chi connectivity index (χ3n) is 5.75. The maximum atomic E-state index is 14.8. The first-order chi connectivity index (χ1) is 14.4. The van der Waals surface area contributed by atoms with E-state index in [2.05, 4.69) is 15.0 Å². The van der Waals surface area contributed by atoms with Crippen molar-refractivity contribution < 1.29 is 13.9 Å². The second-order valence-corrected chi connectivity index (χ2v) is 8.28. The molecule has 0 amide bonds. The molecule has 0 aliphatic heterocycles. The molecule has 8 heteroatoms. The predicted octanol–water partition coefficient (Wildman–Crippen LogP) is 4.15. The van der Waals surface area contributed by atoms with Crippen molar-refractivity contribution in [1.29, 1.82) is 0 Å². The van der Waals surface area contributed by atoms with Gasteiger partial charge in [0, 0.05) is 35.3 Å². The number of nitrogens with zero attached hydrogens (tertiary/aromatic N) is 4. The Morgan fingerprint density at radius 1 is 1.23 bits per heavy atom. The van der Waals surface area contributed by atoms with Crippen LogP contribution >= 0.6 is 11.6 Å². The fourth-order valence-electron chi connectivity index (χ4n) is 3.91. The van der Waals surface area contributed by atoms with Crippen LogP contribution in [0.1, 0.15) is 30.9 Å². The van der Waals surface area contributed by atoms with Crippen molar-refractivity contribution in [2.75, 3.05) is 0 Å². The van der Waals surface area contributed by atoms with Gasteiger partial charge in [-0.2, -0.15) is 5.10 Å². The van der Waals surface area contributed by atoms with E-state index < -0.39 is 23.3 Å². The number of benzene rings is 2. The molecule has 0 bridgehead atoms. The zero-order valence-corrected chi connectivity index (χ0v) is 17.3. The lowest BCUT2D eigenvalue weighted by atomic mass is 9.85. The van der Waals surface area contributed by atoms with Crippen molar-refractivity contribution in [1.82, 2.24) is 19.7 Å². The number of halogens is 3. The van der Waals surface area contributed by atoms with Crippen molar-refractivity contribution in [3.63, 3.8) is 0 Å². The lowest BCUT2D eigenvalue weighted by Gasteiger charge is -2.41. The fourth-order valence-corrected chi connectivity index (χ4v) is 4.03. The second-order valence-electron chi connectivity index (χ2n) is 7.85. The molecule has 5 nitrogen and oxygen atoms in total. The monoisotopic (exact) mass is 432 g/mol. The molecule has 4 rings (SSSR count). The average molecular weight is 433 g/mol. The molecule has 1 N–H and O–H groups in total. The van der Waals surface area contributed by atoms with Crippen LogP contribution in [-0.2, 0) is 18.7 Å². The predicted molar refractivity (Wildman–Crippen MR) is 110 cm³/mol. The summed E-state index contributed by atoms with van der Waals surface area (Å²) in [6.07, 6.45) is 4.84. The maximum absolute atomic E-state index is 14.8. The van der Waals surface area contributed by atoms with Gasteiger partial charge in [-0.15, -0.1) is 0 Å². The minimum absolute atomic E-state index is 0.0133. The molecule has 0 spiro atoms. The highest BCUT2D eigenvalue weighted by Gasteiger charge is 2.45. The van der Waals surface area contributed by atoms with Crippen molar-refractivity contribution >= 4 is 11.6 Å². The standard InChI is InChI=1S/C22H23ClF2N4O/c1-15(29(19-7-8-19)11-16-2-4-17(23)5-3-16)22(30,12-28-14-26-13-27-28)20-9-6-18(24)10-21(20)25/h2-6,9-10,13-15,19,30H,7-8,11-12H2,1H3/t15-,22-/m1/s1. The Balaban J connectivity index is 1.71. The van der Waals surface area contributed by atoms with Gasteiger partial charge in [0.25, 0.3) is 0 Å². The summed E-state index contributed by atoms with van der Waals surface area (Å²) >= 11 is 6.01. The first-order valence-corrected chi connectivity index (χ1v) is 10.2. The van der Waals surface area contributed by atoms with E-state index in [1.165, 1.54) is 23.4 Å². The summed E-state index contributed by atoms with van der Waals surface area (Å²) < 4.78 is 29.8. The second kappa shape index (κ2) is 8.41. The molecule has 1 fully saturated rings. The van der Waals surface area contributed by atoms with E-state index in [0.29, 0.717) is 11.6 Å². The van der Waals surface area contributed by atoms with Gasteiger partial charge in [0.2, 0.25) is 0 Å². The first kappa shape index (κ1) is 20.9. The van der Waals surface area contributed by atoms with Crippen LogP contribution in [0.2, 0.25) is 5.02 Å². The summed E-state index contributed by atoms with van der Waals surface area (Å²) in [5.74, 6) is -1.47. The molecule has 1 aliphatic carbocycles. The van der Waals surface area contributed by atoms with Gasteiger partial charge in [-0.1, -0.05) is 29.8 Å². The number of hydrogen-bond donors (Lipinski definition) is 1. The Labute approximate surface area is 178 Å². The highest BCUT2D eigenvalue weighted by Crippen LogP contribution is 2.39. The van der Waals surface area contributed by atoms with Crippen molar-refractivity contribution in [2.45, 2.75) is 50.5 Å². The van der Waals surface area contributed by atoms with Crippen LogP contribution < -0.4 is 0 Å². The van der Waals surface area contributed by atoms with Gasteiger partial charge >= 0.3 is 0 Å². The third kappa shape index (κ3) is 4.38. The summed E-state index contributed by atoms with van der Waals surface area (Å²) in [4.78, 5) is 6.09. The highest BCUT2D eigenvalue weighted by molar-refractivity contribution is 6.30. The summed E-state index contributed by atoms with van der Waals surface area (Å²) in [7, 11) is 0. The van der Waals surface area contributed by atoms with Crippen LogP contribution in [0.3, 0.4) is 0 Å². The normalized spacial score (nSPS) is 17.1. The van der Waals surface area contributed by atoms with Gasteiger partial charge in [-0.05, 0) is 43.5 Å². The zero-order valence-electron chi connectivity index (χ0n) is 16.5. The lowest BCUT2D eigenvalue weighted by Crippen LogP contribution is -2.52. The van der Waals surface area contributed by atoms with E-state index in [9.17, 15) is 13.9 Å². The van der Waals surface area contributed by atoms with Gasteiger partial charge in [0.15, 0.2) is 0 Å². The van der Waals surface area contributed by atoms with Crippen LogP contribution in [0.4, 0.5) is 8.78 Å². The molecule has 1 aliphatic rings. The Kier molecular flexibility index (Phi) is 5.86. The highest BCUT2D eigenvalue weighted by atomic mass is 35.5. The quantitative estimate of drug-likeness (QED) is 0.581. The molecule has 1 heterocycles. The van der Waals surface area contributed by atoms with E-state index >= 15 is 0 Å². The smallest absolute Gasteiger partial charge is 0.137 e. The minimum Gasteiger partial charge on any atom is -0.381 e. The van der Waals surface area contributed by atoms with E-state index in [0.717, 1.165) is 30.5 Å². The Bertz CT molecular complexity index is 995. The molecule has 1 aromatic heterocycles. The molecule has 158 valence electrons. The third-order valence-corrected chi connectivity index (χ3v) is 6.00. The van der Waals surface area contributed by atoms with E-state index in [1.807, 2.05) is 31.2 Å². The lowest BCUT2D eigenvalue weighted by molar-refractivity contribution is -0.0691. The molecule has 3 aromatic rings. The van der Waals surface area contributed by atoms with E-state index in [1.54, 1.807) is 0 Å². The topological polar surface area (TPSA) is 54.2 Å². The van der Waals surface area contributed by atoms with Crippen molar-refractivity contribution in [3.8, 4) is 0 Å². The Morgan fingerprint density at radius 3 is 2.57 bits per heavy atom. The molecule has 2 aromatic carbocycles. The summed E-state index contributed by atoms with van der Waals surface area (Å²) in [5.41, 5.74) is -0.574. The van der Waals surface area contributed by atoms with Crippen molar-refractivity contribution in [2.24, 2.45) is 0 Å². The Morgan fingerprint density at radius 2 is 1.97 bits per heavy atom. The minimum atomic E-state index is -1.65. The number of aromatic nitrogens is 3. The van der Waals surface area contributed by atoms with Crippen LogP contribution in [0.5, 0.6) is 0 Å². The fraction of sp³-hybridized carbons (Fsp3) is 0.364. The largest absolute Gasteiger partial charge is 0.381 e. The SMILES string of the molecule is C[C@@H](N(Cc1ccc(Cl)cc1)C1CC1)[C@](O)(Cn1cncn1)c1ccc(F)cc1F. The van der Waals surface area contributed by atoms with E-state index in [4.69, 9.17) is 11.6 Å². The van der Waals surface area contributed by atoms with Crippen LogP contribution in [0, 0.1) is 11.6 Å². The molecule has 2 atom stereocenters. The van der Waals surface area contributed by atoms with Crippen LogP contribution in [0.15, 0.2) is 55.1 Å². The van der Waals surface area contributed by atoms with Gasteiger partial charge in [-0.25, -0.2) is 18.4 Å². The summed E-state index contributed by atoms with van der Waals surface area (Å²) in [6, 6.07) is 10.6. The Hall–Kier alpha value is -2.35. The zero-order chi connectivity index (χ0) is 21.3. The molecule has 1 saturated carbocycles. The van der Waals surface area contributed by atoms with Gasteiger partial charge < -0.3 is 5.11 Å². The molecule has 0 unspecified atom stereocenters. The van der Waals surface area contributed by atoms with Crippen molar-refractivity contribution in [3.05, 3.63) is 82.9 Å². The average Bonchev–Trinajstić information content (AvgIpc) is 3.43. The molecule has 0 radical (unpaired) electrons. The number of hydrogen-bond acceptors (Lipinski definition) is 4. The van der Waals surface area contributed by atoms with Crippen LogP contribution in [0.25, 0.3) is 0 Å². The number of aliphatic hydroxyl groups is 1. The van der Waals surface area contributed by atoms with Gasteiger partial charge in [0.05, 0.1) is 6.54 Å². The summed E-state index contributed by atoms with van der Waals surface area (Å²) in [6.45, 7) is 2.43. The molecule has 30 heavy (non-hydrogen) atoms. The van der Waals surface area contributed by atoms with Crippen LogP contribution in [-0.4, -0.2) is 36.9 Å². The van der Waals surface area contributed by atoms with E-state index in [-0.39, 0.29) is 18.2 Å². The number of rotatable bonds is 8. The first-order valence-electron chi connectivity index (χ1n) is 9.87. The summed E-state index contributed by atoms with van der Waals surface area (Å²) in [5, 5.41) is 16.6. The molecular formula is C22H23ClF2N4O. The van der Waals surface area contributed by atoms with Gasteiger partial charge in [-0.3, -0.25) is 4.90 Å². The molecular weight excluding hydrogens is 410 g/mol. The molecule has 0 saturated heterocycles. The van der Waals surface area contributed by atoms with Gasteiger partial charge in [0.1, 0.15) is 29.9 Å².